The molecule has 0 bridgehead atoms. The first-order valence-corrected chi connectivity index (χ1v) is 5.62. The lowest BCUT2D eigenvalue weighted by molar-refractivity contribution is -0.540. The summed E-state index contributed by atoms with van der Waals surface area (Å²) >= 11 is 0. The summed E-state index contributed by atoms with van der Waals surface area (Å²) in [6.07, 6.45) is 8.76. The minimum absolute atomic E-state index is 0.520. The lowest BCUT2D eigenvalue weighted by Gasteiger charge is -2.17. The first kappa shape index (κ1) is 10.2. The van der Waals surface area contributed by atoms with E-state index in [0.29, 0.717) is 6.04 Å². The van der Waals surface area contributed by atoms with Gasteiger partial charge in [0.15, 0.2) is 12.3 Å². The number of nitrogens with zero attached hydrogens (tertiary/aromatic N) is 1. The summed E-state index contributed by atoms with van der Waals surface area (Å²) < 4.78 is 2.30. The molecule has 1 atom stereocenters. The van der Waals surface area contributed by atoms with Crippen LogP contribution in [0.4, 0.5) is 0 Å². The molecule has 78 valence electrons. The minimum atomic E-state index is 0.520. The van der Waals surface area contributed by atoms with Crippen molar-refractivity contribution >= 4 is 6.21 Å². The SMILES string of the molecule is CCc1ccccc1C1CC=CC=[N+]1C. The average molecular weight is 200 g/mol. The Morgan fingerprint density at radius 2 is 2.13 bits per heavy atom. The van der Waals surface area contributed by atoms with Gasteiger partial charge < -0.3 is 0 Å². The van der Waals surface area contributed by atoms with E-state index in [2.05, 4.69) is 61.2 Å². The molecule has 0 saturated heterocycles. The fourth-order valence-electron chi connectivity index (χ4n) is 2.20. The molecule has 1 aromatic carbocycles. The van der Waals surface area contributed by atoms with Crippen molar-refractivity contribution in [2.75, 3.05) is 7.05 Å². The summed E-state index contributed by atoms with van der Waals surface area (Å²) in [5.74, 6) is 0. The first-order valence-electron chi connectivity index (χ1n) is 5.62. The van der Waals surface area contributed by atoms with E-state index < -0.39 is 0 Å². The van der Waals surface area contributed by atoms with Crippen LogP contribution in [0.25, 0.3) is 0 Å². The highest BCUT2D eigenvalue weighted by Gasteiger charge is 2.22. The predicted molar refractivity (Wildman–Crippen MR) is 64.6 cm³/mol. The zero-order chi connectivity index (χ0) is 10.7. The van der Waals surface area contributed by atoms with Crippen LogP contribution in [0.3, 0.4) is 0 Å². The fraction of sp³-hybridized carbons (Fsp3) is 0.357. The van der Waals surface area contributed by atoms with Crippen LogP contribution >= 0.6 is 0 Å². The highest BCUT2D eigenvalue weighted by Crippen LogP contribution is 2.25. The van der Waals surface area contributed by atoms with Crippen molar-refractivity contribution in [1.82, 2.24) is 0 Å². The van der Waals surface area contributed by atoms with E-state index in [0.717, 1.165) is 12.8 Å². The molecule has 0 aromatic heterocycles. The highest BCUT2D eigenvalue weighted by molar-refractivity contribution is 5.66. The third kappa shape index (κ3) is 2.01. The second kappa shape index (κ2) is 4.43. The van der Waals surface area contributed by atoms with Gasteiger partial charge in [0.2, 0.25) is 0 Å². The zero-order valence-corrected chi connectivity index (χ0v) is 9.48. The van der Waals surface area contributed by atoms with Crippen LogP contribution in [-0.4, -0.2) is 17.8 Å². The van der Waals surface area contributed by atoms with Gasteiger partial charge in [-0.3, -0.25) is 0 Å². The van der Waals surface area contributed by atoms with Crippen molar-refractivity contribution in [2.45, 2.75) is 25.8 Å². The second-order valence-corrected chi connectivity index (χ2v) is 4.05. The van der Waals surface area contributed by atoms with Gasteiger partial charge in [-0.05, 0) is 18.1 Å². The molecule has 0 radical (unpaired) electrons. The van der Waals surface area contributed by atoms with Gasteiger partial charge >= 0.3 is 0 Å². The molecule has 0 N–H and O–H groups in total. The number of allylic oxidation sites excluding steroid dienone is 1. The molecule has 1 aliphatic heterocycles. The van der Waals surface area contributed by atoms with Crippen molar-refractivity contribution in [3.8, 4) is 0 Å². The van der Waals surface area contributed by atoms with Gasteiger partial charge in [0.05, 0.1) is 0 Å². The van der Waals surface area contributed by atoms with E-state index >= 15 is 0 Å². The molecule has 0 aliphatic carbocycles. The molecule has 1 aromatic rings. The molecule has 1 heteroatoms. The third-order valence-electron chi connectivity index (χ3n) is 3.10. The quantitative estimate of drug-likeness (QED) is 0.646. The van der Waals surface area contributed by atoms with Crippen molar-refractivity contribution in [3.05, 3.63) is 47.5 Å². The minimum Gasteiger partial charge on any atom is -0.231 e. The van der Waals surface area contributed by atoms with Crippen LogP contribution in [0, 0.1) is 0 Å². The molecule has 1 heterocycles. The van der Waals surface area contributed by atoms with Crippen LogP contribution in [0.2, 0.25) is 0 Å². The Balaban J connectivity index is 2.37. The van der Waals surface area contributed by atoms with Crippen LogP contribution in [0.1, 0.15) is 30.5 Å². The number of benzene rings is 1. The van der Waals surface area contributed by atoms with Crippen molar-refractivity contribution in [3.63, 3.8) is 0 Å². The van der Waals surface area contributed by atoms with Gasteiger partial charge in [-0.15, -0.1) is 0 Å². The number of hydrogen-bond donors (Lipinski definition) is 0. The smallest absolute Gasteiger partial charge is 0.181 e. The van der Waals surface area contributed by atoms with Gasteiger partial charge in [0.1, 0.15) is 7.05 Å². The van der Waals surface area contributed by atoms with Crippen molar-refractivity contribution in [2.24, 2.45) is 0 Å². The van der Waals surface area contributed by atoms with E-state index in [1.165, 1.54) is 11.1 Å². The van der Waals surface area contributed by atoms with Crippen molar-refractivity contribution in [1.29, 1.82) is 0 Å². The largest absolute Gasteiger partial charge is 0.231 e. The molecule has 0 fully saturated rings. The molecule has 15 heavy (non-hydrogen) atoms. The Kier molecular flexibility index (Phi) is 3.00. The second-order valence-electron chi connectivity index (χ2n) is 4.05. The molecular formula is C14H18N+. The molecule has 2 rings (SSSR count). The van der Waals surface area contributed by atoms with E-state index in [-0.39, 0.29) is 0 Å². The third-order valence-corrected chi connectivity index (χ3v) is 3.10. The van der Waals surface area contributed by atoms with Crippen LogP contribution in [-0.2, 0) is 6.42 Å². The van der Waals surface area contributed by atoms with Gasteiger partial charge in [0.25, 0.3) is 0 Å². The maximum absolute atomic E-state index is 2.30. The Bertz CT molecular complexity index is 402. The van der Waals surface area contributed by atoms with E-state index in [4.69, 9.17) is 0 Å². The number of rotatable bonds is 2. The molecular weight excluding hydrogens is 182 g/mol. The zero-order valence-electron chi connectivity index (χ0n) is 9.48. The first-order chi connectivity index (χ1) is 7.33. The summed E-state index contributed by atoms with van der Waals surface area (Å²) in [5.41, 5.74) is 2.95. The van der Waals surface area contributed by atoms with Gasteiger partial charge in [-0.1, -0.05) is 37.3 Å². The van der Waals surface area contributed by atoms with Gasteiger partial charge in [0, 0.05) is 12.0 Å². The van der Waals surface area contributed by atoms with Crippen LogP contribution in [0.5, 0.6) is 0 Å². The van der Waals surface area contributed by atoms with Crippen molar-refractivity contribution < 1.29 is 4.58 Å². The fourth-order valence-corrected chi connectivity index (χ4v) is 2.20. The summed E-state index contributed by atoms with van der Waals surface area (Å²) in [4.78, 5) is 0. The molecule has 0 saturated carbocycles. The van der Waals surface area contributed by atoms with E-state index in [9.17, 15) is 0 Å². The lowest BCUT2D eigenvalue weighted by Crippen LogP contribution is -2.18. The lowest BCUT2D eigenvalue weighted by atomic mass is 9.95. The Labute approximate surface area is 91.8 Å². The standard InChI is InChI=1S/C14H18N/c1-3-12-8-4-5-9-13(12)14-10-6-7-11-15(14)2/h4-9,11,14H,3,10H2,1-2H3/q+1. The number of hydrogen-bond acceptors (Lipinski definition) is 0. The van der Waals surface area contributed by atoms with E-state index in [1.54, 1.807) is 0 Å². The normalized spacial score (nSPS) is 20.1. The maximum Gasteiger partial charge on any atom is 0.181 e. The Morgan fingerprint density at radius 1 is 1.33 bits per heavy atom. The monoisotopic (exact) mass is 200 g/mol. The molecule has 0 amide bonds. The Hall–Kier alpha value is -1.37. The molecule has 1 aliphatic rings. The van der Waals surface area contributed by atoms with Gasteiger partial charge in [-0.2, -0.15) is 0 Å². The Morgan fingerprint density at radius 3 is 2.87 bits per heavy atom. The highest BCUT2D eigenvalue weighted by atomic mass is 15.0. The maximum atomic E-state index is 2.30. The summed E-state index contributed by atoms with van der Waals surface area (Å²) in [6.45, 7) is 2.22. The van der Waals surface area contributed by atoms with Crippen LogP contribution < -0.4 is 0 Å². The number of aryl methyl sites for hydroxylation is 1. The van der Waals surface area contributed by atoms with E-state index in [1.807, 2.05) is 0 Å². The molecule has 1 unspecified atom stereocenters. The van der Waals surface area contributed by atoms with Crippen LogP contribution in [0.15, 0.2) is 36.4 Å². The van der Waals surface area contributed by atoms with Gasteiger partial charge in [-0.25, -0.2) is 4.58 Å². The molecule has 0 spiro atoms. The average Bonchev–Trinajstić information content (AvgIpc) is 2.30. The topological polar surface area (TPSA) is 3.01 Å². The molecule has 1 nitrogen and oxygen atoms in total. The summed E-state index contributed by atoms with van der Waals surface area (Å²) in [6, 6.07) is 9.28. The summed E-state index contributed by atoms with van der Waals surface area (Å²) in [7, 11) is 2.15. The summed E-state index contributed by atoms with van der Waals surface area (Å²) in [5, 5.41) is 0. The predicted octanol–water partition coefficient (Wildman–Crippen LogP) is 2.96.